The molecule has 1 heterocycles. The van der Waals surface area contributed by atoms with Crippen molar-refractivity contribution in [3.63, 3.8) is 0 Å². The van der Waals surface area contributed by atoms with Crippen molar-refractivity contribution in [1.29, 1.82) is 0 Å². The van der Waals surface area contributed by atoms with Gasteiger partial charge in [-0.25, -0.2) is 14.5 Å². The lowest BCUT2D eigenvalue weighted by molar-refractivity contribution is -0.145. The molecule has 1 N–H and O–H groups in total. The fourth-order valence-electron chi connectivity index (χ4n) is 2.96. The first-order valence-electron chi connectivity index (χ1n) is 9.57. The van der Waals surface area contributed by atoms with Crippen LogP contribution in [0.2, 0.25) is 0 Å². The van der Waals surface area contributed by atoms with Crippen molar-refractivity contribution < 1.29 is 28.7 Å². The van der Waals surface area contributed by atoms with Gasteiger partial charge in [-0.2, -0.15) is 0 Å². The van der Waals surface area contributed by atoms with E-state index < -0.39 is 23.8 Å². The first kappa shape index (κ1) is 25.4. The van der Waals surface area contributed by atoms with E-state index in [0.717, 1.165) is 14.9 Å². The first-order chi connectivity index (χ1) is 15.6. The lowest BCUT2D eigenvalue weighted by Crippen LogP contribution is -2.54. The summed E-state index contributed by atoms with van der Waals surface area (Å²) in [6.45, 7) is 3.53. The zero-order chi connectivity index (χ0) is 24.3. The number of imide groups is 2. The van der Waals surface area contributed by atoms with E-state index in [4.69, 9.17) is 9.47 Å². The van der Waals surface area contributed by atoms with E-state index in [2.05, 4.69) is 37.2 Å². The molecule has 2 aromatic rings. The van der Waals surface area contributed by atoms with Gasteiger partial charge in [0.05, 0.1) is 20.3 Å². The van der Waals surface area contributed by atoms with E-state index >= 15 is 0 Å². The van der Waals surface area contributed by atoms with Crippen LogP contribution in [0.1, 0.15) is 18.1 Å². The summed E-state index contributed by atoms with van der Waals surface area (Å²) in [6, 6.07) is 7.51. The molecule has 172 valence electrons. The molecule has 0 unspecified atom stereocenters. The van der Waals surface area contributed by atoms with E-state index in [1.54, 1.807) is 37.3 Å². The van der Waals surface area contributed by atoms with E-state index in [0.29, 0.717) is 25.0 Å². The smallest absolute Gasteiger partial charge is 0.344 e. The second kappa shape index (κ2) is 10.8. The number of esters is 1. The maximum Gasteiger partial charge on any atom is 0.344 e. The Balaban J connectivity index is 1.91. The Morgan fingerprint density at radius 1 is 1.15 bits per heavy atom. The third-order valence-corrected chi connectivity index (χ3v) is 6.75. The van der Waals surface area contributed by atoms with Gasteiger partial charge in [0.25, 0.3) is 11.8 Å². The number of hydrogen-bond acceptors (Lipinski definition) is 6. The molecular formula is C22H17Br2IN2O6. The Kier molecular flexibility index (Phi) is 8.29. The maximum absolute atomic E-state index is 13.1. The summed E-state index contributed by atoms with van der Waals surface area (Å²) < 4.78 is 12.4. The Labute approximate surface area is 220 Å². The molecule has 0 bridgehead atoms. The fourth-order valence-corrected chi connectivity index (χ4v) is 4.98. The highest BCUT2D eigenvalue weighted by molar-refractivity contribution is 14.1. The number of carbonyl (C=O) groups is 4. The average molecular weight is 692 g/mol. The van der Waals surface area contributed by atoms with Crippen molar-refractivity contribution in [3.05, 3.63) is 59.5 Å². The minimum Gasteiger partial charge on any atom is -0.480 e. The minimum atomic E-state index is -0.817. The van der Waals surface area contributed by atoms with Crippen molar-refractivity contribution in [1.82, 2.24) is 5.32 Å². The third-order valence-electron chi connectivity index (χ3n) is 4.47. The van der Waals surface area contributed by atoms with Gasteiger partial charge < -0.3 is 9.47 Å². The summed E-state index contributed by atoms with van der Waals surface area (Å²) in [6.07, 6.45) is 1.39. The second-order valence-corrected chi connectivity index (χ2v) is 9.67. The summed E-state index contributed by atoms with van der Waals surface area (Å²) in [5.41, 5.74) is 1.50. The Hall–Kier alpha value is -2.25. The second-order valence-electron chi connectivity index (χ2n) is 6.80. The predicted octanol–water partition coefficient (Wildman–Crippen LogP) is 4.73. The summed E-state index contributed by atoms with van der Waals surface area (Å²) in [4.78, 5) is 50.4. The number of rotatable bonds is 6. The molecular weight excluding hydrogens is 675 g/mol. The molecule has 0 aromatic heterocycles. The van der Waals surface area contributed by atoms with E-state index in [9.17, 15) is 19.2 Å². The molecule has 1 fully saturated rings. The van der Waals surface area contributed by atoms with Crippen molar-refractivity contribution in [2.45, 2.75) is 13.8 Å². The van der Waals surface area contributed by atoms with Crippen LogP contribution in [-0.4, -0.2) is 37.0 Å². The Morgan fingerprint density at radius 2 is 1.88 bits per heavy atom. The highest BCUT2D eigenvalue weighted by atomic mass is 127. The number of nitrogens with zero attached hydrogens (tertiary/aromatic N) is 1. The molecule has 4 amide bonds. The number of anilines is 1. The number of urea groups is 1. The highest BCUT2D eigenvalue weighted by Crippen LogP contribution is 2.33. The predicted molar refractivity (Wildman–Crippen MR) is 137 cm³/mol. The zero-order valence-corrected chi connectivity index (χ0v) is 22.7. The SMILES string of the molecule is CCOC(=O)COc1c(Br)cc(/C=C2\C(=O)NC(=O)N(c3ccc(Br)c(C)c3)C2=O)cc1I. The normalized spacial score (nSPS) is 15.0. The molecule has 0 aliphatic carbocycles. The summed E-state index contributed by atoms with van der Waals surface area (Å²) in [7, 11) is 0. The van der Waals surface area contributed by atoms with Crippen LogP contribution in [0.5, 0.6) is 5.75 Å². The topological polar surface area (TPSA) is 102 Å². The standard InChI is InChI=1S/C22H17Br2IN2O6/c1-3-32-18(28)10-33-19-16(24)8-12(9-17(19)25)7-14-20(29)26-22(31)27(21(14)30)13-4-5-15(23)11(2)6-13/h4-9H,3,10H2,1-2H3,(H,26,29,31)/b14-7+. The van der Waals surface area contributed by atoms with E-state index in [1.165, 1.54) is 6.08 Å². The van der Waals surface area contributed by atoms with Gasteiger partial charge in [0.15, 0.2) is 6.61 Å². The lowest BCUT2D eigenvalue weighted by Gasteiger charge is -2.26. The summed E-state index contributed by atoms with van der Waals surface area (Å²) in [5.74, 6) is -1.60. The molecule has 2 aromatic carbocycles. The third kappa shape index (κ3) is 5.82. The van der Waals surface area contributed by atoms with Gasteiger partial charge in [0, 0.05) is 4.47 Å². The zero-order valence-electron chi connectivity index (χ0n) is 17.4. The van der Waals surface area contributed by atoms with Crippen LogP contribution in [0, 0.1) is 10.5 Å². The molecule has 8 nitrogen and oxygen atoms in total. The molecule has 33 heavy (non-hydrogen) atoms. The van der Waals surface area contributed by atoms with Gasteiger partial charge >= 0.3 is 12.0 Å². The minimum absolute atomic E-state index is 0.196. The van der Waals surface area contributed by atoms with Crippen LogP contribution in [-0.2, 0) is 19.1 Å². The molecule has 1 aliphatic rings. The van der Waals surface area contributed by atoms with Gasteiger partial charge in [-0.3, -0.25) is 14.9 Å². The van der Waals surface area contributed by atoms with Crippen molar-refractivity contribution in [2.24, 2.45) is 0 Å². The van der Waals surface area contributed by atoms with Crippen LogP contribution in [0.15, 0.2) is 44.9 Å². The lowest BCUT2D eigenvalue weighted by atomic mass is 10.1. The fraction of sp³-hybridized carbons (Fsp3) is 0.182. The summed E-state index contributed by atoms with van der Waals surface area (Å²) in [5, 5.41) is 2.21. The number of hydrogen-bond donors (Lipinski definition) is 1. The molecule has 1 aliphatic heterocycles. The largest absolute Gasteiger partial charge is 0.480 e. The number of aryl methyl sites for hydroxylation is 1. The van der Waals surface area contributed by atoms with Gasteiger partial charge in [-0.15, -0.1) is 0 Å². The van der Waals surface area contributed by atoms with Crippen LogP contribution in [0.4, 0.5) is 10.5 Å². The average Bonchev–Trinajstić information content (AvgIpc) is 2.73. The number of halogens is 3. The Bertz CT molecular complexity index is 1170. The van der Waals surface area contributed by atoms with Crippen molar-refractivity contribution >= 4 is 90.0 Å². The quantitative estimate of drug-likeness (QED) is 0.204. The highest BCUT2D eigenvalue weighted by Gasteiger charge is 2.37. The Morgan fingerprint density at radius 3 is 2.52 bits per heavy atom. The van der Waals surface area contributed by atoms with E-state index in [1.807, 2.05) is 29.5 Å². The molecule has 0 saturated carbocycles. The number of nitrogens with one attached hydrogen (secondary N) is 1. The number of barbiturate groups is 1. The van der Waals surface area contributed by atoms with Gasteiger partial charge in [0.1, 0.15) is 11.3 Å². The molecule has 0 spiro atoms. The molecule has 3 rings (SSSR count). The summed E-state index contributed by atoms with van der Waals surface area (Å²) >= 11 is 8.79. The van der Waals surface area contributed by atoms with Gasteiger partial charge in [-0.1, -0.05) is 15.9 Å². The number of ether oxygens (including phenoxy) is 2. The first-order valence-corrected chi connectivity index (χ1v) is 12.2. The molecule has 11 heteroatoms. The van der Waals surface area contributed by atoms with Crippen LogP contribution >= 0.6 is 54.5 Å². The molecule has 0 atom stereocenters. The monoisotopic (exact) mass is 690 g/mol. The maximum atomic E-state index is 13.1. The van der Waals surface area contributed by atoms with Gasteiger partial charge in [0.2, 0.25) is 0 Å². The van der Waals surface area contributed by atoms with Crippen LogP contribution in [0.25, 0.3) is 6.08 Å². The molecule has 0 radical (unpaired) electrons. The van der Waals surface area contributed by atoms with Crippen molar-refractivity contribution in [2.75, 3.05) is 18.1 Å². The van der Waals surface area contributed by atoms with E-state index in [-0.39, 0.29) is 18.8 Å². The van der Waals surface area contributed by atoms with Crippen LogP contribution < -0.4 is 15.0 Å². The number of amides is 4. The number of benzene rings is 2. The molecule has 1 saturated heterocycles. The van der Waals surface area contributed by atoms with Gasteiger partial charge in [-0.05, 0) is 99.9 Å². The van der Waals surface area contributed by atoms with Crippen LogP contribution in [0.3, 0.4) is 0 Å². The van der Waals surface area contributed by atoms with Crippen molar-refractivity contribution in [3.8, 4) is 5.75 Å². The number of carbonyl (C=O) groups excluding carboxylic acids is 4.